The maximum Gasteiger partial charge on any atom is 0.264 e. The third-order valence-corrected chi connectivity index (χ3v) is 10.4. The highest BCUT2D eigenvalue weighted by Crippen LogP contribution is 2.28. The van der Waals surface area contributed by atoms with Gasteiger partial charge in [0, 0.05) is 22.6 Å². The Kier molecular flexibility index (Phi) is 12.2. The lowest BCUT2D eigenvalue weighted by Gasteiger charge is -2.34. The zero-order valence-electron chi connectivity index (χ0n) is 26.0. The van der Waals surface area contributed by atoms with Crippen LogP contribution in [0.25, 0.3) is 0 Å². The van der Waals surface area contributed by atoms with E-state index in [2.05, 4.69) is 5.32 Å². The van der Waals surface area contributed by atoms with Crippen LogP contribution < -0.4 is 14.4 Å². The van der Waals surface area contributed by atoms with E-state index in [4.69, 9.17) is 27.9 Å². The fraction of sp³-hybridized carbons (Fsp3) is 0.412. The number of carbonyl (C=O) groups is 2. The minimum absolute atomic E-state index is 0.00682. The van der Waals surface area contributed by atoms with Crippen LogP contribution in [-0.2, 0) is 26.2 Å². The first-order valence-electron chi connectivity index (χ1n) is 15.4. The molecule has 4 rings (SSSR count). The first kappa shape index (κ1) is 34.6. The number of nitrogens with zero attached hydrogens (tertiary/aromatic N) is 2. The quantitative estimate of drug-likeness (QED) is 0.208. The Hall–Kier alpha value is -3.27. The number of hydrogen-bond donors (Lipinski definition) is 1. The minimum atomic E-state index is -4.19. The van der Waals surface area contributed by atoms with Crippen molar-refractivity contribution in [2.75, 3.05) is 17.5 Å². The monoisotopic (exact) mass is 673 g/mol. The van der Waals surface area contributed by atoms with Crippen LogP contribution in [0.15, 0.2) is 71.6 Å². The molecule has 0 heterocycles. The van der Waals surface area contributed by atoms with Gasteiger partial charge in [-0.3, -0.25) is 13.9 Å². The van der Waals surface area contributed by atoms with E-state index in [1.54, 1.807) is 54.6 Å². The number of rotatable bonds is 13. The summed E-state index contributed by atoms with van der Waals surface area (Å²) in [5.74, 6) is -0.238. The minimum Gasteiger partial charge on any atom is -0.494 e. The molecule has 0 aromatic heterocycles. The van der Waals surface area contributed by atoms with Crippen molar-refractivity contribution in [3.63, 3.8) is 0 Å². The predicted molar refractivity (Wildman–Crippen MR) is 179 cm³/mol. The van der Waals surface area contributed by atoms with Crippen molar-refractivity contribution in [3.8, 4) is 5.75 Å². The largest absolute Gasteiger partial charge is 0.494 e. The topological polar surface area (TPSA) is 96.0 Å². The van der Waals surface area contributed by atoms with Gasteiger partial charge in [0.15, 0.2) is 0 Å². The number of ether oxygens (including phenoxy) is 1. The molecule has 45 heavy (non-hydrogen) atoms. The van der Waals surface area contributed by atoms with Crippen molar-refractivity contribution in [3.05, 3.63) is 87.9 Å². The van der Waals surface area contributed by atoms with Gasteiger partial charge < -0.3 is 15.0 Å². The maximum absolute atomic E-state index is 14.4. The van der Waals surface area contributed by atoms with E-state index in [0.29, 0.717) is 34.4 Å². The molecule has 1 atom stereocenters. The highest BCUT2D eigenvalue weighted by Gasteiger charge is 2.34. The molecule has 0 spiro atoms. The fourth-order valence-corrected chi connectivity index (χ4v) is 7.42. The predicted octanol–water partition coefficient (Wildman–Crippen LogP) is 7.15. The maximum atomic E-state index is 14.4. The molecule has 8 nitrogen and oxygen atoms in total. The first-order chi connectivity index (χ1) is 21.5. The van der Waals surface area contributed by atoms with Gasteiger partial charge in [-0.05, 0) is 87.2 Å². The molecule has 0 radical (unpaired) electrons. The number of anilines is 1. The van der Waals surface area contributed by atoms with Gasteiger partial charge >= 0.3 is 0 Å². The molecule has 1 N–H and O–H groups in total. The normalized spacial score (nSPS) is 14.4. The molecule has 1 saturated carbocycles. The Labute approximate surface area is 276 Å². The van der Waals surface area contributed by atoms with Crippen LogP contribution in [0.4, 0.5) is 5.69 Å². The van der Waals surface area contributed by atoms with Crippen LogP contribution in [0.2, 0.25) is 10.0 Å². The molecule has 1 aliphatic rings. The second-order valence-corrected chi connectivity index (χ2v) is 14.0. The molecular formula is C34H41Cl2N3O5S. The number of carbonyl (C=O) groups excluding carboxylic acids is 2. The number of sulfonamides is 1. The summed E-state index contributed by atoms with van der Waals surface area (Å²) < 4.78 is 34.9. The average molecular weight is 675 g/mol. The van der Waals surface area contributed by atoms with Gasteiger partial charge in [0.2, 0.25) is 11.8 Å². The smallest absolute Gasteiger partial charge is 0.264 e. The molecular weight excluding hydrogens is 633 g/mol. The van der Waals surface area contributed by atoms with E-state index >= 15 is 0 Å². The first-order valence-corrected chi connectivity index (χ1v) is 17.6. The second-order valence-electron chi connectivity index (χ2n) is 11.3. The van der Waals surface area contributed by atoms with Gasteiger partial charge in [-0.1, -0.05) is 73.2 Å². The van der Waals surface area contributed by atoms with Crippen LogP contribution in [0.3, 0.4) is 0 Å². The molecule has 3 aromatic carbocycles. The number of hydrogen-bond acceptors (Lipinski definition) is 5. The Morgan fingerprint density at radius 1 is 0.956 bits per heavy atom. The lowest BCUT2D eigenvalue weighted by atomic mass is 9.95. The molecule has 0 aliphatic heterocycles. The van der Waals surface area contributed by atoms with Gasteiger partial charge in [0.1, 0.15) is 18.3 Å². The number of nitrogens with one attached hydrogen (secondary N) is 1. The van der Waals surface area contributed by atoms with Gasteiger partial charge in [-0.15, -0.1) is 0 Å². The molecule has 1 aliphatic carbocycles. The zero-order valence-corrected chi connectivity index (χ0v) is 28.3. The van der Waals surface area contributed by atoms with Gasteiger partial charge in [-0.25, -0.2) is 8.42 Å². The van der Waals surface area contributed by atoms with E-state index in [-0.39, 0.29) is 29.1 Å². The lowest BCUT2D eigenvalue weighted by Crippen LogP contribution is -2.54. The Balaban J connectivity index is 1.73. The summed E-state index contributed by atoms with van der Waals surface area (Å²) in [5, 5.41) is 3.93. The summed E-state index contributed by atoms with van der Waals surface area (Å²) in [4.78, 5) is 29.5. The van der Waals surface area contributed by atoms with Crippen LogP contribution in [0.1, 0.15) is 63.5 Å². The molecule has 242 valence electrons. The van der Waals surface area contributed by atoms with Crippen molar-refractivity contribution in [1.82, 2.24) is 10.2 Å². The number of aryl methyl sites for hydroxylation is 1. The summed E-state index contributed by atoms with van der Waals surface area (Å²) >= 11 is 12.7. The summed E-state index contributed by atoms with van der Waals surface area (Å²) in [6.45, 7) is 5.47. The molecule has 1 fully saturated rings. The molecule has 0 bridgehead atoms. The highest BCUT2D eigenvalue weighted by atomic mass is 35.5. The van der Waals surface area contributed by atoms with Crippen LogP contribution >= 0.6 is 23.2 Å². The average Bonchev–Trinajstić information content (AvgIpc) is 3.02. The van der Waals surface area contributed by atoms with Crippen molar-refractivity contribution >= 4 is 50.7 Å². The summed E-state index contributed by atoms with van der Waals surface area (Å²) in [6.07, 6.45) is 5.32. The van der Waals surface area contributed by atoms with Crippen LogP contribution in [0, 0.1) is 6.92 Å². The Morgan fingerprint density at radius 3 is 2.22 bits per heavy atom. The standard InChI is InChI=1S/C34H41Cl2N3O5S/c1-4-32(34(41)37-27-9-7-6-8-10-27)38(22-25-13-14-26(35)21-31(25)36)33(40)23-39(28-15-17-29(18-16-28)44-5-2)45(42,43)30-19-11-24(3)12-20-30/h11-21,27,32H,4-10,22-23H2,1-3H3,(H,37,41)/t32-/m0/s1. The third kappa shape index (κ3) is 8.93. The summed E-state index contributed by atoms with van der Waals surface area (Å²) in [7, 11) is -4.19. The summed E-state index contributed by atoms with van der Waals surface area (Å²) in [6, 6.07) is 17.2. The van der Waals surface area contributed by atoms with E-state index in [9.17, 15) is 18.0 Å². The van der Waals surface area contributed by atoms with Crippen molar-refractivity contribution in [2.45, 2.75) is 82.8 Å². The Morgan fingerprint density at radius 2 is 1.62 bits per heavy atom. The van der Waals surface area contributed by atoms with Gasteiger partial charge in [0.25, 0.3) is 10.0 Å². The van der Waals surface area contributed by atoms with Gasteiger partial charge in [0.05, 0.1) is 17.2 Å². The van der Waals surface area contributed by atoms with Crippen molar-refractivity contribution in [2.24, 2.45) is 0 Å². The van der Waals surface area contributed by atoms with E-state index in [1.165, 1.54) is 17.0 Å². The third-order valence-electron chi connectivity index (χ3n) is 8.02. The summed E-state index contributed by atoms with van der Waals surface area (Å²) in [5.41, 5.74) is 1.78. The fourth-order valence-electron chi connectivity index (χ4n) is 5.54. The van der Waals surface area contributed by atoms with E-state index in [0.717, 1.165) is 42.0 Å². The van der Waals surface area contributed by atoms with Crippen LogP contribution in [0.5, 0.6) is 5.75 Å². The Bertz CT molecular complexity index is 1560. The molecule has 2 amide bonds. The van der Waals surface area contributed by atoms with E-state index < -0.39 is 28.5 Å². The molecule has 0 unspecified atom stereocenters. The van der Waals surface area contributed by atoms with Gasteiger partial charge in [-0.2, -0.15) is 0 Å². The van der Waals surface area contributed by atoms with Crippen molar-refractivity contribution < 1.29 is 22.7 Å². The number of amides is 2. The zero-order chi connectivity index (χ0) is 32.6. The SMILES string of the molecule is CCOc1ccc(N(CC(=O)N(Cc2ccc(Cl)cc2Cl)[C@@H](CC)C(=O)NC2CCCCC2)S(=O)(=O)c2ccc(C)cc2)cc1. The number of benzene rings is 3. The van der Waals surface area contributed by atoms with E-state index in [1.807, 2.05) is 20.8 Å². The number of halogens is 2. The molecule has 0 saturated heterocycles. The molecule has 3 aromatic rings. The lowest BCUT2D eigenvalue weighted by molar-refractivity contribution is -0.140. The highest BCUT2D eigenvalue weighted by molar-refractivity contribution is 7.92. The second kappa shape index (κ2) is 15.8. The van der Waals surface area contributed by atoms with Crippen molar-refractivity contribution in [1.29, 1.82) is 0 Å². The van der Waals surface area contributed by atoms with Crippen LogP contribution in [-0.4, -0.2) is 50.4 Å². The molecule has 11 heteroatoms.